The molecule has 0 N–H and O–H groups in total. The molecule has 0 aromatic rings. The SMILES string of the molecule is CCC1=CC=C(C2=C(Cl)C=CCC2)CC1. The lowest BCUT2D eigenvalue weighted by Gasteiger charge is -2.19. The monoisotopic (exact) mass is 220 g/mol. The minimum atomic E-state index is 0.945. The molecule has 0 aliphatic heterocycles. The average molecular weight is 221 g/mol. The summed E-state index contributed by atoms with van der Waals surface area (Å²) in [4.78, 5) is 0. The fraction of sp³-hybridized carbons (Fsp3) is 0.429. The van der Waals surface area contributed by atoms with Crippen molar-refractivity contribution in [3.63, 3.8) is 0 Å². The van der Waals surface area contributed by atoms with Gasteiger partial charge in [0.25, 0.3) is 0 Å². The molecule has 0 bridgehead atoms. The van der Waals surface area contributed by atoms with Crippen molar-refractivity contribution < 1.29 is 0 Å². The quantitative estimate of drug-likeness (QED) is 0.622. The molecule has 0 spiro atoms. The number of rotatable bonds is 2. The third kappa shape index (κ3) is 2.43. The second-order valence-corrected chi connectivity index (χ2v) is 4.55. The molecule has 0 radical (unpaired) electrons. The molecule has 80 valence electrons. The molecular formula is C14H17Cl. The minimum Gasteiger partial charge on any atom is -0.0840 e. The minimum absolute atomic E-state index is 0.945. The molecular weight excluding hydrogens is 204 g/mol. The van der Waals surface area contributed by atoms with Crippen molar-refractivity contribution in [3.05, 3.63) is 46.1 Å². The summed E-state index contributed by atoms with van der Waals surface area (Å²) in [6.45, 7) is 2.22. The maximum Gasteiger partial charge on any atom is 0.0437 e. The van der Waals surface area contributed by atoms with Gasteiger partial charge < -0.3 is 0 Å². The van der Waals surface area contributed by atoms with Crippen molar-refractivity contribution in [3.8, 4) is 0 Å². The topological polar surface area (TPSA) is 0 Å². The van der Waals surface area contributed by atoms with Gasteiger partial charge in [-0.1, -0.05) is 42.3 Å². The van der Waals surface area contributed by atoms with Crippen molar-refractivity contribution in [2.45, 2.75) is 39.0 Å². The summed E-state index contributed by atoms with van der Waals surface area (Å²) < 4.78 is 0. The van der Waals surface area contributed by atoms with Gasteiger partial charge in [0.2, 0.25) is 0 Å². The first-order valence-corrected chi connectivity index (χ1v) is 6.13. The van der Waals surface area contributed by atoms with Gasteiger partial charge in [0.1, 0.15) is 0 Å². The summed E-state index contributed by atoms with van der Waals surface area (Å²) >= 11 is 6.22. The van der Waals surface area contributed by atoms with Crippen molar-refractivity contribution >= 4 is 11.6 Å². The van der Waals surface area contributed by atoms with E-state index in [2.05, 4.69) is 25.2 Å². The summed E-state index contributed by atoms with van der Waals surface area (Å²) in [5, 5.41) is 0.945. The second kappa shape index (κ2) is 4.85. The smallest absolute Gasteiger partial charge is 0.0437 e. The highest BCUT2D eigenvalue weighted by atomic mass is 35.5. The summed E-state index contributed by atoms with van der Waals surface area (Å²) in [6.07, 6.45) is 14.5. The Labute approximate surface area is 97.0 Å². The highest BCUT2D eigenvalue weighted by molar-refractivity contribution is 6.31. The van der Waals surface area contributed by atoms with Crippen LogP contribution in [0.5, 0.6) is 0 Å². The van der Waals surface area contributed by atoms with Gasteiger partial charge in [-0.2, -0.15) is 0 Å². The molecule has 1 heteroatoms. The maximum absolute atomic E-state index is 6.22. The summed E-state index contributed by atoms with van der Waals surface area (Å²) in [5.41, 5.74) is 4.37. The van der Waals surface area contributed by atoms with Crippen LogP contribution in [0.15, 0.2) is 46.1 Å². The van der Waals surface area contributed by atoms with E-state index in [9.17, 15) is 0 Å². The number of hydrogen-bond acceptors (Lipinski definition) is 0. The molecule has 0 saturated heterocycles. The zero-order valence-corrected chi connectivity index (χ0v) is 9.98. The first-order valence-electron chi connectivity index (χ1n) is 5.75. The standard InChI is InChI=1S/C14H17Cl/c1-2-11-7-9-12(10-8-11)13-5-3-4-6-14(13)15/h4,6-7,9H,2-3,5,8,10H2,1H3. The van der Waals surface area contributed by atoms with Crippen LogP contribution in [0.2, 0.25) is 0 Å². The van der Waals surface area contributed by atoms with Gasteiger partial charge in [-0.3, -0.25) is 0 Å². The highest BCUT2D eigenvalue weighted by Crippen LogP contribution is 2.33. The van der Waals surface area contributed by atoms with Gasteiger partial charge in [0, 0.05) is 5.03 Å². The van der Waals surface area contributed by atoms with Gasteiger partial charge in [0.05, 0.1) is 0 Å². The summed E-state index contributed by atoms with van der Waals surface area (Å²) in [7, 11) is 0. The first kappa shape index (κ1) is 10.8. The second-order valence-electron chi connectivity index (χ2n) is 4.14. The van der Waals surface area contributed by atoms with Crippen LogP contribution in [0, 0.1) is 0 Å². The highest BCUT2D eigenvalue weighted by Gasteiger charge is 2.13. The van der Waals surface area contributed by atoms with E-state index in [0.29, 0.717) is 0 Å². The summed E-state index contributed by atoms with van der Waals surface area (Å²) in [6, 6.07) is 0. The maximum atomic E-state index is 6.22. The lowest BCUT2D eigenvalue weighted by molar-refractivity contribution is 0.837. The molecule has 0 atom stereocenters. The van der Waals surface area contributed by atoms with E-state index in [1.807, 2.05) is 6.08 Å². The molecule has 0 unspecified atom stereocenters. The number of halogens is 1. The Morgan fingerprint density at radius 2 is 2.07 bits per heavy atom. The first-order chi connectivity index (χ1) is 7.31. The molecule has 0 nitrogen and oxygen atoms in total. The Morgan fingerprint density at radius 1 is 1.20 bits per heavy atom. The molecule has 0 heterocycles. The lowest BCUT2D eigenvalue weighted by Crippen LogP contribution is -2.00. The fourth-order valence-corrected chi connectivity index (χ4v) is 2.48. The Balaban J connectivity index is 2.22. The molecule has 0 aromatic heterocycles. The molecule has 0 aromatic carbocycles. The zero-order chi connectivity index (χ0) is 10.7. The van der Waals surface area contributed by atoms with E-state index in [1.165, 1.54) is 30.4 Å². The van der Waals surface area contributed by atoms with Crippen LogP contribution in [0.25, 0.3) is 0 Å². The third-order valence-corrected chi connectivity index (χ3v) is 3.54. The van der Waals surface area contributed by atoms with Gasteiger partial charge in [-0.15, -0.1) is 0 Å². The van der Waals surface area contributed by atoms with Crippen molar-refractivity contribution in [1.82, 2.24) is 0 Å². The van der Waals surface area contributed by atoms with Crippen LogP contribution < -0.4 is 0 Å². The Hall–Kier alpha value is -0.750. The van der Waals surface area contributed by atoms with Crippen LogP contribution in [-0.2, 0) is 0 Å². The average Bonchev–Trinajstić information content (AvgIpc) is 2.30. The van der Waals surface area contributed by atoms with Crippen molar-refractivity contribution in [2.24, 2.45) is 0 Å². The number of allylic oxidation sites excluding steroid dienone is 8. The van der Waals surface area contributed by atoms with E-state index < -0.39 is 0 Å². The fourth-order valence-electron chi connectivity index (χ4n) is 2.17. The molecule has 2 aliphatic carbocycles. The van der Waals surface area contributed by atoms with Crippen LogP contribution in [0.4, 0.5) is 0 Å². The zero-order valence-electron chi connectivity index (χ0n) is 9.22. The van der Waals surface area contributed by atoms with Gasteiger partial charge in [0.15, 0.2) is 0 Å². The van der Waals surface area contributed by atoms with Crippen molar-refractivity contribution in [2.75, 3.05) is 0 Å². The normalized spacial score (nSPS) is 21.5. The van der Waals surface area contributed by atoms with E-state index >= 15 is 0 Å². The molecule has 0 amide bonds. The van der Waals surface area contributed by atoms with E-state index in [-0.39, 0.29) is 0 Å². The van der Waals surface area contributed by atoms with E-state index in [4.69, 9.17) is 11.6 Å². The molecule has 2 rings (SSSR count). The van der Waals surface area contributed by atoms with Crippen molar-refractivity contribution in [1.29, 1.82) is 0 Å². The summed E-state index contributed by atoms with van der Waals surface area (Å²) in [5.74, 6) is 0. The largest absolute Gasteiger partial charge is 0.0840 e. The van der Waals surface area contributed by atoms with E-state index in [0.717, 1.165) is 17.9 Å². The third-order valence-electron chi connectivity index (χ3n) is 3.19. The Morgan fingerprint density at radius 3 is 2.67 bits per heavy atom. The van der Waals surface area contributed by atoms with Gasteiger partial charge >= 0.3 is 0 Å². The lowest BCUT2D eigenvalue weighted by atomic mass is 9.88. The predicted octanol–water partition coefficient (Wildman–Crippen LogP) is 4.89. The van der Waals surface area contributed by atoms with Crippen LogP contribution in [-0.4, -0.2) is 0 Å². The van der Waals surface area contributed by atoms with Gasteiger partial charge in [-0.05, 0) is 49.3 Å². The van der Waals surface area contributed by atoms with E-state index in [1.54, 1.807) is 5.57 Å². The number of hydrogen-bond donors (Lipinski definition) is 0. The van der Waals surface area contributed by atoms with Crippen LogP contribution in [0.3, 0.4) is 0 Å². The Bertz CT molecular complexity index is 367. The molecule has 0 fully saturated rings. The van der Waals surface area contributed by atoms with Crippen LogP contribution in [0.1, 0.15) is 39.0 Å². The Kier molecular flexibility index (Phi) is 3.48. The molecule has 15 heavy (non-hydrogen) atoms. The predicted molar refractivity (Wildman–Crippen MR) is 66.9 cm³/mol. The molecule has 2 aliphatic rings. The van der Waals surface area contributed by atoms with Gasteiger partial charge in [-0.25, -0.2) is 0 Å². The van der Waals surface area contributed by atoms with Crippen LogP contribution >= 0.6 is 11.6 Å². The molecule has 0 saturated carbocycles.